The van der Waals surface area contributed by atoms with Gasteiger partial charge in [0.05, 0.1) is 12.8 Å². The average molecular weight is 396 g/mol. The highest BCUT2D eigenvalue weighted by Gasteiger charge is 2.28. The summed E-state index contributed by atoms with van der Waals surface area (Å²) >= 11 is 0. The monoisotopic (exact) mass is 396 g/mol. The molecule has 0 fully saturated rings. The smallest absolute Gasteiger partial charge is 0.264 e. The summed E-state index contributed by atoms with van der Waals surface area (Å²) in [5.74, 6) is -1.13. The van der Waals surface area contributed by atoms with Crippen molar-refractivity contribution in [3.63, 3.8) is 0 Å². The average Bonchev–Trinajstić information content (AvgIpc) is 2.63. The number of hydrogen-bond donors (Lipinski definition) is 1. The molecule has 27 heavy (non-hydrogen) atoms. The van der Waals surface area contributed by atoms with Crippen molar-refractivity contribution in [1.82, 2.24) is 4.90 Å². The van der Waals surface area contributed by atoms with Crippen LogP contribution in [0.2, 0.25) is 0 Å². The summed E-state index contributed by atoms with van der Waals surface area (Å²) in [5, 5.41) is 0. The maximum absolute atomic E-state index is 14.0. The molecular formula is C19H22F2N2O3S. The van der Waals surface area contributed by atoms with E-state index in [9.17, 15) is 17.2 Å². The Bertz CT molecular complexity index is 962. The molecule has 0 spiro atoms. The SMILES string of the molecule is COc1ccc(NS(=O)(=O)c2cc(F)ccc2F)c2c1CC(N(C)C)CC2. The first-order valence-corrected chi connectivity index (χ1v) is 10.0. The van der Waals surface area contributed by atoms with Gasteiger partial charge in [0, 0.05) is 11.6 Å². The highest BCUT2D eigenvalue weighted by Crippen LogP contribution is 2.36. The van der Waals surface area contributed by atoms with E-state index in [-0.39, 0.29) is 0 Å². The standard InChI is InChI=1S/C19H22F2N2O3S/c1-23(2)13-5-6-14-15(11-13)18(26-3)9-8-17(14)22-27(24,25)19-10-12(20)4-7-16(19)21/h4,7-10,13,22H,5-6,11H2,1-3H3. The summed E-state index contributed by atoms with van der Waals surface area (Å²) in [4.78, 5) is 1.41. The van der Waals surface area contributed by atoms with Gasteiger partial charge in [-0.15, -0.1) is 0 Å². The zero-order valence-electron chi connectivity index (χ0n) is 15.4. The fourth-order valence-electron chi connectivity index (χ4n) is 3.44. The number of hydrogen-bond acceptors (Lipinski definition) is 4. The number of nitrogens with one attached hydrogen (secondary N) is 1. The van der Waals surface area contributed by atoms with Crippen molar-refractivity contribution < 1.29 is 21.9 Å². The van der Waals surface area contributed by atoms with Crippen LogP contribution in [-0.2, 0) is 22.9 Å². The van der Waals surface area contributed by atoms with E-state index in [1.165, 1.54) is 0 Å². The van der Waals surface area contributed by atoms with Gasteiger partial charge in [0.15, 0.2) is 0 Å². The summed E-state index contributed by atoms with van der Waals surface area (Å²) in [6, 6.07) is 5.97. The van der Waals surface area contributed by atoms with Crippen molar-refractivity contribution >= 4 is 15.7 Å². The molecule has 5 nitrogen and oxygen atoms in total. The lowest BCUT2D eigenvalue weighted by molar-refractivity contribution is 0.265. The first-order valence-electron chi connectivity index (χ1n) is 8.56. The Labute approximate surface area is 158 Å². The van der Waals surface area contributed by atoms with E-state index in [0.29, 0.717) is 30.0 Å². The number of sulfonamides is 1. The second-order valence-corrected chi connectivity index (χ2v) is 8.46. The van der Waals surface area contributed by atoms with Crippen molar-refractivity contribution in [1.29, 1.82) is 0 Å². The normalized spacial score (nSPS) is 16.9. The summed E-state index contributed by atoms with van der Waals surface area (Å²) < 4.78 is 60.5. The molecule has 0 aliphatic heterocycles. The van der Waals surface area contributed by atoms with Crippen molar-refractivity contribution in [3.8, 4) is 5.75 Å². The molecule has 1 N–H and O–H groups in total. The Kier molecular flexibility index (Phi) is 5.39. The lowest BCUT2D eigenvalue weighted by Gasteiger charge is -2.32. The Hall–Kier alpha value is -2.19. The van der Waals surface area contributed by atoms with Crippen molar-refractivity contribution in [2.45, 2.75) is 30.2 Å². The molecule has 0 heterocycles. The van der Waals surface area contributed by atoms with Crippen LogP contribution in [0.3, 0.4) is 0 Å². The molecule has 0 radical (unpaired) electrons. The first kappa shape index (κ1) is 19.6. The minimum atomic E-state index is -4.27. The second-order valence-electron chi connectivity index (χ2n) is 6.81. The topological polar surface area (TPSA) is 58.6 Å². The quantitative estimate of drug-likeness (QED) is 0.843. The van der Waals surface area contributed by atoms with Gasteiger partial charge in [0.1, 0.15) is 22.3 Å². The number of fused-ring (bicyclic) bond motifs is 1. The molecule has 1 unspecified atom stereocenters. The molecule has 0 saturated heterocycles. The van der Waals surface area contributed by atoms with Gasteiger partial charge in [0.25, 0.3) is 10.0 Å². The molecular weight excluding hydrogens is 374 g/mol. The van der Waals surface area contributed by atoms with Gasteiger partial charge < -0.3 is 9.64 Å². The molecule has 1 aliphatic rings. The molecule has 0 saturated carbocycles. The van der Waals surface area contributed by atoms with E-state index in [0.717, 1.165) is 36.1 Å². The lowest BCUT2D eigenvalue weighted by Crippen LogP contribution is -2.34. The van der Waals surface area contributed by atoms with E-state index in [1.807, 2.05) is 14.1 Å². The van der Waals surface area contributed by atoms with Crippen LogP contribution in [0.1, 0.15) is 17.5 Å². The minimum Gasteiger partial charge on any atom is -0.496 e. The van der Waals surface area contributed by atoms with E-state index in [4.69, 9.17) is 4.74 Å². The van der Waals surface area contributed by atoms with Crippen LogP contribution >= 0.6 is 0 Å². The van der Waals surface area contributed by atoms with Crippen molar-refractivity contribution in [2.75, 3.05) is 25.9 Å². The van der Waals surface area contributed by atoms with Crippen molar-refractivity contribution in [3.05, 3.63) is 53.1 Å². The minimum absolute atomic E-state index is 0.318. The molecule has 1 atom stereocenters. The number of halogens is 2. The first-order chi connectivity index (χ1) is 12.7. The molecule has 2 aromatic carbocycles. The fourth-order valence-corrected chi connectivity index (χ4v) is 4.62. The van der Waals surface area contributed by atoms with Crippen molar-refractivity contribution in [2.24, 2.45) is 0 Å². The Morgan fingerprint density at radius 2 is 1.89 bits per heavy atom. The summed E-state index contributed by atoms with van der Waals surface area (Å²) in [7, 11) is 1.31. The molecule has 3 rings (SSSR count). The predicted molar refractivity (Wildman–Crippen MR) is 99.7 cm³/mol. The number of methoxy groups -OCH3 is 1. The van der Waals surface area contributed by atoms with Crippen LogP contribution in [0, 0.1) is 11.6 Å². The van der Waals surface area contributed by atoms with E-state index in [2.05, 4.69) is 9.62 Å². The van der Waals surface area contributed by atoms with Gasteiger partial charge in [-0.3, -0.25) is 4.72 Å². The number of nitrogens with zero attached hydrogens (tertiary/aromatic N) is 1. The third kappa shape index (κ3) is 3.91. The molecule has 146 valence electrons. The van der Waals surface area contributed by atoms with E-state index in [1.54, 1.807) is 19.2 Å². The Balaban J connectivity index is 2.01. The van der Waals surface area contributed by atoms with Gasteiger partial charge in [-0.25, -0.2) is 17.2 Å². The number of rotatable bonds is 5. The predicted octanol–water partition coefficient (Wildman–Crippen LogP) is 3.19. The van der Waals surface area contributed by atoms with Crippen LogP contribution in [0.5, 0.6) is 5.75 Å². The third-order valence-electron chi connectivity index (χ3n) is 4.93. The van der Waals surface area contributed by atoms with Gasteiger partial charge in [0.2, 0.25) is 0 Å². The lowest BCUT2D eigenvalue weighted by atomic mass is 9.86. The van der Waals surface area contributed by atoms with Gasteiger partial charge in [-0.1, -0.05) is 0 Å². The largest absolute Gasteiger partial charge is 0.496 e. The zero-order chi connectivity index (χ0) is 19.8. The Morgan fingerprint density at radius 3 is 2.56 bits per heavy atom. The summed E-state index contributed by atoms with van der Waals surface area (Å²) in [6.07, 6.45) is 2.23. The van der Waals surface area contributed by atoms with Crippen LogP contribution in [0.15, 0.2) is 35.2 Å². The molecule has 0 amide bonds. The number of ether oxygens (including phenoxy) is 1. The second kappa shape index (κ2) is 7.44. The van der Waals surface area contributed by atoms with Gasteiger partial charge in [-0.2, -0.15) is 0 Å². The molecule has 1 aliphatic carbocycles. The summed E-state index contributed by atoms with van der Waals surface area (Å²) in [6.45, 7) is 0. The highest BCUT2D eigenvalue weighted by molar-refractivity contribution is 7.92. The van der Waals surface area contributed by atoms with Gasteiger partial charge >= 0.3 is 0 Å². The maximum Gasteiger partial charge on any atom is 0.264 e. The maximum atomic E-state index is 14.0. The molecule has 2 aromatic rings. The summed E-state index contributed by atoms with van der Waals surface area (Å²) in [5.41, 5.74) is 2.13. The van der Waals surface area contributed by atoms with Gasteiger partial charge in [-0.05, 0) is 69.3 Å². The third-order valence-corrected chi connectivity index (χ3v) is 6.31. The molecule has 0 bridgehead atoms. The van der Waals surface area contributed by atoms with Crippen LogP contribution in [0.25, 0.3) is 0 Å². The van der Waals surface area contributed by atoms with E-state index < -0.39 is 26.6 Å². The number of likely N-dealkylation sites (N-methyl/N-ethyl adjacent to an activating group) is 1. The number of benzene rings is 2. The molecule has 8 heteroatoms. The highest BCUT2D eigenvalue weighted by atomic mass is 32.2. The molecule has 0 aromatic heterocycles. The number of anilines is 1. The van der Waals surface area contributed by atoms with E-state index >= 15 is 0 Å². The van der Waals surface area contributed by atoms with Crippen LogP contribution in [-0.4, -0.2) is 40.6 Å². The zero-order valence-corrected chi connectivity index (χ0v) is 16.2. The fraction of sp³-hybridized carbons (Fsp3) is 0.368. The Morgan fingerprint density at radius 1 is 1.15 bits per heavy atom. The van der Waals surface area contributed by atoms with Crippen LogP contribution < -0.4 is 9.46 Å². The van der Waals surface area contributed by atoms with Crippen LogP contribution in [0.4, 0.5) is 14.5 Å².